The number of phenols is 1. The van der Waals surface area contributed by atoms with Crippen LogP contribution in [0.25, 0.3) is 16.4 Å². The Balaban J connectivity index is 0.786. The third kappa shape index (κ3) is 19.5. The molecule has 0 aliphatic carbocycles. The summed E-state index contributed by atoms with van der Waals surface area (Å²) < 4.78 is 34.8. The molecule has 4 heterocycles. The number of primary amides is 1. The molecule has 96 heavy (non-hydrogen) atoms. The molecule has 0 unspecified atom stereocenters. The van der Waals surface area contributed by atoms with Gasteiger partial charge >= 0.3 is 24.3 Å². The minimum atomic E-state index is -1.01. The van der Waals surface area contributed by atoms with Crippen LogP contribution < -0.4 is 36.6 Å². The van der Waals surface area contributed by atoms with Gasteiger partial charge in [0.15, 0.2) is 5.78 Å². The number of ether oxygens (including phenoxy) is 6. The zero-order chi connectivity index (χ0) is 69.0. The summed E-state index contributed by atoms with van der Waals surface area (Å²) in [7, 11) is 3.03. The quantitative estimate of drug-likeness (QED) is 0.0136. The van der Waals surface area contributed by atoms with Gasteiger partial charge in [-0.3, -0.25) is 33.7 Å². The monoisotopic (exact) mass is 1340 g/mol. The van der Waals surface area contributed by atoms with Crippen molar-refractivity contribution in [3.8, 4) is 11.5 Å². The molecule has 2 aromatic heterocycles. The number of nitrogens with two attached hydrogens (primary N) is 1. The van der Waals surface area contributed by atoms with E-state index in [4.69, 9.17) is 45.8 Å². The van der Waals surface area contributed by atoms with Crippen molar-refractivity contribution in [2.45, 2.75) is 58.6 Å². The number of benzene rings is 4. The fourth-order valence-electron chi connectivity index (χ4n) is 10.6. The van der Waals surface area contributed by atoms with E-state index < -0.39 is 59.8 Å². The van der Waals surface area contributed by atoms with Gasteiger partial charge in [-0.15, -0.1) is 11.6 Å². The van der Waals surface area contributed by atoms with E-state index in [1.165, 1.54) is 60.3 Å². The Bertz CT molecular complexity index is 3830. The summed E-state index contributed by atoms with van der Waals surface area (Å²) in [6.07, 6.45) is 3.55. The maximum absolute atomic E-state index is 14.5. The normalized spacial score (nSPS) is 13.9. The Morgan fingerprint density at radius 3 is 2.10 bits per heavy atom. The predicted molar refractivity (Wildman–Crippen MR) is 353 cm³/mol. The minimum absolute atomic E-state index is 0.0289. The van der Waals surface area contributed by atoms with Gasteiger partial charge in [0.25, 0.3) is 23.6 Å². The lowest BCUT2D eigenvalue weighted by Gasteiger charge is -2.24. The molecule has 4 aromatic carbocycles. The predicted octanol–water partition coefficient (Wildman–Crippen LogP) is 7.12. The van der Waals surface area contributed by atoms with Gasteiger partial charge in [-0.1, -0.05) is 44.2 Å². The Hall–Kier alpha value is -10.2. The number of ketones is 1. The number of anilines is 3. The molecule has 0 radical (unpaired) electrons. The van der Waals surface area contributed by atoms with Gasteiger partial charge in [0.1, 0.15) is 36.1 Å². The highest BCUT2D eigenvalue weighted by atomic mass is 35.5. The van der Waals surface area contributed by atoms with E-state index in [-0.39, 0.29) is 145 Å². The number of amides is 10. The number of imide groups is 1. The Kier molecular flexibility index (Phi) is 25.6. The number of hydrogen-bond acceptors (Lipinski definition) is 18. The van der Waals surface area contributed by atoms with Crippen LogP contribution in [0.4, 0.5) is 36.2 Å². The van der Waals surface area contributed by atoms with Crippen LogP contribution in [0.15, 0.2) is 109 Å². The van der Waals surface area contributed by atoms with E-state index in [1.54, 1.807) is 78.0 Å². The molecule has 2 aliphatic rings. The molecule has 0 bridgehead atoms. The number of alkyl carbamates (subject to hydrolysis) is 1. The van der Waals surface area contributed by atoms with Crippen LogP contribution in [0, 0.1) is 18.8 Å². The lowest BCUT2D eigenvalue weighted by atomic mass is 9.89. The topological polar surface area (TPSA) is 351 Å². The van der Waals surface area contributed by atoms with Crippen LogP contribution in [0.2, 0.25) is 0 Å². The average molecular weight is 1340 g/mol. The molecule has 3 atom stereocenters. The highest BCUT2D eigenvalue weighted by molar-refractivity contribution is 6.19. The number of hydrogen-bond donors (Lipinski definition) is 6. The van der Waals surface area contributed by atoms with Crippen LogP contribution in [-0.2, 0) is 49.5 Å². The van der Waals surface area contributed by atoms with Crippen molar-refractivity contribution in [2.75, 3.05) is 114 Å². The first-order chi connectivity index (χ1) is 46.1. The van der Waals surface area contributed by atoms with Crippen molar-refractivity contribution in [3.63, 3.8) is 0 Å². The van der Waals surface area contributed by atoms with Crippen molar-refractivity contribution in [3.05, 3.63) is 137 Å². The van der Waals surface area contributed by atoms with E-state index in [0.29, 0.717) is 45.6 Å². The van der Waals surface area contributed by atoms with Crippen LogP contribution in [-0.4, -0.2) is 194 Å². The van der Waals surface area contributed by atoms with Crippen molar-refractivity contribution in [1.82, 2.24) is 34.7 Å². The number of aromatic nitrogens is 2. The van der Waals surface area contributed by atoms with Crippen molar-refractivity contribution < 1.29 is 81.5 Å². The molecule has 0 fully saturated rings. The molecule has 0 saturated heterocycles. The number of aromatic hydroxyl groups is 1. The Morgan fingerprint density at radius 2 is 1.44 bits per heavy atom. The summed E-state index contributed by atoms with van der Waals surface area (Å²) in [4.78, 5) is 139. The lowest BCUT2D eigenvalue weighted by Crippen LogP contribution is -2.46. The van der Waals surface area contributed by atoms with Gasteiger partial charge in [-0.25, -0.2) is 24.2 Å². The van der Waals surface area contributed by atoms with E-state index in [2.05, 4.69) is 26.3 Å². The first-order valence-corrected chi connectivity index (χ1v) is 31.6. The molecule has 6 aromatic rings. The number of pyridine rings is 1. The standard InChI is InChI=1S/C67H78ClN11O17/c1-41(2)60(74-65(88)94-33-32-93-31-30-92-29-28-91-27-26-78-56(82)21-22-57(78)83)53(81)34-45(9-7-23-70-64(69)87)62(85)71-47-15-11-43(12-16-47)40-95-66(89)75(4)24-25-76(5)67(90)96-54-35-52-59(58-42(3)8-6-10-50(54)58)46(36-68)37-79(52)63(86)51-39-77-38-48(17-20-55(77)73-51)72-61(84)44-13-18-49(80)19-14-44/h6,8,10-22,35,38-39,41,45-46,60,80H,7,9,23-34,36-37,40H2,1-5H3,(H,71,85)(H,72,84)(H,74,88)(H3,69,70,87)/t45-,46-,60+/m1/s1. The molecule has 8 rings (SSSR count). The number of nitrogens with one attached hydrogen (secondary N) is 4. The maximum Gasteiger partial charge on any atom is 0.415 e. The lowest BCUT2D eigenvalue weighted by molar-refractivity contribution is -0.137. The molecule has 29 heteroatoms. The average Bonchev–Trinajstić information content (AvgIpc) is 1.69. The van der Waals surface area contributed by atoms with E-state index >= 15 is 0 Å². The minimum Gasteiger partial charge on any atom is -0.508 e. The molecular formula is C67H78ClN11O17. The number of aryl methyl sites for hydroxylation is 1. The summed E-state index contributed by atoms with van der Waals surface area (Å²) in [6, 6.07) is 21.1. The second-order valence-corrected chi connectivity index (χ2v) is 23.4. The second-order valence-electron chi connectivity index (χ2n) is 23.1. The van der Waals surface area contributed by atoms with Gasteiger partial charge in [-0.05, 0) is 96.3 Å². The zero-order valence-corrected chi connectivity index (χ0v) is 54.6. The second kappa shape index (κ2) is 34.3. The van der Waals surface area contributed by atoms with Gasteiger partial charge in [0, 0.05) is 112 Å². The first-order valence-electron chi connectivity index (χ1n) is 31.1. The van der Waals surface area contributed by atoms with Crippen molar-refractivity contribution in [1.29, 1.82) is 0 Å². The molecule has 10 amide bonds. The third-order valence-electron chi connectivity index (χ3n) is 15.8. The molecule has 7 N–H and O–H groups in total. The van der Waals surface area contributed by atoms with E-state index in [0.717, 1.165) is 21.4 Å². The number of halogens is 1. The highest BCUT2D eigenvalue weighted by Gasteiger charge is 2.37. The number of carbonyl (C=O) groups is 10. The maximum atomic E-state index is 14.5. The number of phenolic OH excluding ortho intramolecular Hbond substituents is 1. The van der Waals surface area contributed by atoms with Crippen molar-refractivity contribution in [2.24, 2.45) is 17.6 Å². The number of imidazole rings is 1. The fourth-order valence-corrected chi connectivity index (χ4v) is 10.9. The number of nitrogens with zero attached hydrogens (tertiary/aromatic N) is 6. The largest absolute Gasteiger partial charge is 0.508 e. The number of urea groups is 1. The molecule has 510 valence electrons. The zero-order valence-electron chi connectivity index (χ0n) is 53.8. The highest BCUT2D eigenvalue weighted by Crippen LogP contribution is 2.47. The summed E-state index contributed by atoms with van der Waals surface area (Å²) in [6.45, 7) is 6.87. The van der Waals surface area contributed by atoms with Crippen LogP contribution >= 0.6 is 11.6 Å². The van der Waals surface area contributed by atoms with Gasteiger partial charge < -0.3 is 79.6 Å². The molecule has 0 saturated carbocycles. The van der Waals surface area contributed by atoms with Gasteiger partial charge in [0.05, 0.1) is 63.6 Å². The summed E-state index contributed by atoms with van der Waals surface area (Å²) in [5, 5.41) is 21.8. The number of likely N-dealkylation sites (N-methyl/N-ethyl adjacent to an activating group) is 2. The summed E-state index contributed by atoms with van der Waals surface area (Å²) in [5.74, 6) is -3.63. The molecule has 0 spiro atoms. The van der Waals surface area contributed by atoms with E-state index in [1.807, 2.05) is 25.1 Å². The number of carbonyl (C=O) groups excluding carboxylic acids is 10. The summed E-state index contributed by atoms with van der Waals surface area (Å²) in [5.41, 5.74) is 9.75. The molecular weight excluding hydrogens is 1270 g/mol. The number of rotatable bonds is 33. The number of alkyl halides is 1. The first kappa shape index (κ1) is 71.7. The molecule has 2 aliphatic heterocycles. The SMILES string of the molecule is Cc1cccc2c(OC(=O)N(C)CCN(C)C(=O)OCc3ccc(NC(=O)[C@H](CCCNC(N)=O)CC(=O)[C@@H](NC(=O)OCCOCCOCCOCCN4C(=O)C=CC4=O)C(C)C)cc3)cc3c(c12)[C@H](CCl)CN3C(=O)c1cn2cc(NC(=O)c3ccc(O)cc3)ccc2n1. The van der Waals surface area contributed by atoms with Crippen LogP contribution in [0.1, 0.15) is 76.6 Å². The van der Waals surface area contributed by atoms with Gasteiger partial charge in [0.2, 0.25) is 5.91 Å². The fraction of sp³-hybridized carbons (Fsp3) is 0.388. The van der Waals surface area contributed by atoms with Crippen LogP contribution in [0.3, 0.4) is 0 Å². The van der Waals surface area contributed by atoms with Crippen LogP contribution in [0.5, 0.6) is 11.5 Å². The Morgan fingerprint density at radius 1 is 0.781 bits per heavy atom. The summed E-state index contributed by atoms with van der Waals surface area (Å²) >= 11 is 6.61. The smallest absolute Gasteiger partial charge is 0.415 e. The Labute approximate surface area is 558 Å². The van der Waals surface area contributed by atoms with Gasteiger partial charge in [-0.2, -0.15) is 0 Å². The molecule has 28 nitrogen and oxygen atoms in total. The third-order valence-corrected chi connectivity index (χ3v) is 16.2. The number of fused-ring (bicyclic) bond motifs is 4. The van der Waals surface area contributed by atoms with Crippen molar-refractivity contribution >= 4 is 105 Å². The number of Topliss-reactive ketones (excluding diaryl/α,β-unsaturated/α-hetero) is 1. The van der Waals surface area contributed by atoms with E-state index in [9.17, 15) is 53.1 Å².